The number of nitro groups is 1. The van der Waals surface area contributed by atoms with Crippen LogP contribution in [-0.4, -0.2) is 22.2 Å². The number of hydrogen-bond donors (Lipinski definition) is 2. The predicted molar refractivity (Wildman–Crippen MR) is 76.3 cm³/mol. The van der Waals surface area contributed by atoms with Crippen LogP contribution in [-0.2, 0) is 0 Å². The molecule has 0 saturated heterocycles. The number of phenols is 1. The van der Waals surface area contributed by atoms with Gasteiger partial charge in [0.05, 0.1) is 11.1 Å². The predicted octanol–water partition coefficient (Wildman–Crippen LogP) is 2.06. The van der Waals surface area contributed by atoms with Gasteiger partial charge in [0.15, 0.2) is 0 Å². The topological polar surface area (TPSA) is 105 Å². The van der Waals surface area contributed by atoms with Crippen LogP contribution >= 0.6 is 0 Å². The molecule has 2 aromatic rings. The maximum absolute atomic E-state index is 11.8. The van der Waals surface area contributed by atoms with E-state index in [0.717, 1.165) is 0 Å². The molecule has 1 amide bonds. The minimum absolute atomic E-state index is 0.0731. The van der Waals surface area contributed by atoms with Crippen LogP contribution in [0.2, 0.25) is 0 Å². The Balaban J connectivity index is 2.11. The van der Waals surface area contributed by atoms with Crippen molar-refractivity contribution in [3.63, 3.8) is 0 Å². The number of phenolic OH excluding ortho intramolecular Hbond substituents is 1. The second-order valence-electron chi connectivity index (χ2n) is 4.07. The third-order valence-corrected chi connectivity index (χ3v) is 2.60. The Morgan fingerprint density at radius 3 is 2.71 bits per heavy atom. The van der Waals surface area contributed by atoms with Crippen LogP contribution in [0.4, 0.5) is 5.69 Å². The molecule has 0 bridgehead atoms. The highest BCUT2D eigenvalue weighted by atomic mass is 16.6. The number of benzene rings is 2. The van der Waals surface area contributed by atoms with E-state index in [1.165, 1.54) is 42.6 Å². The summed E-state index contributed by atoms with van der Waals surface area (Å²) in [6, 6.07) is 11.9. The van der Waals surface area contributed by atoms with E-state index in [9.17, 15) is 20.0 Å². The van der Waals surface area contributed by atoms with E-state index < -0.39 is 10.8 Å². The number of nitrogens with one attached hydrogen (secondary N) is 1. The van der Waals surface area contributed by atoms with Gasteiger partial charge in [-0.2, -0.15) is 5.10 Å². The van der Waals surface area contributed by atoms with Crippen LogP contribution in [0.1, 0.15) is 15.9 Å². The van der Waals surface area contributed by atoms with E-state index in [1.54, 1.807) is 12.1 Å². The fourth-order valence-corrected chi connectivity index (χ4v) is 1.66. The Morgan fingerprint density at radius 2 is 2.00 bits per heavy atom. The van der Waals surface area contributed by atoms with Crippen molar-refractivity contribution >= 4 is 17.8 Å². The highest BCUT2D eigenvalue weighted by molar-refractivity contribution is 5.98. The lowest BCUT2D eigenvalue weighted by molar-refractivity contribution is -0.385. The molecule has 0 heterocycles. The first kappa shape index (κ1) is 14.2. The molecule has 2 aromatic carbocycles. The first-order valence-electron chi connectivity index (χ1n) is 5.94. The zero-order chi connectivity index (χ0) is 15.2. The monoisotopic (exact) mass is 285 g/mol. The second-order valence-corrected chi connectivity index (χ2v) is 4.07. The summed E-state index contributed by atoms with van der Waals surface area (Å²) in [6.07, 6.45) is 1.33. The zero-order valence-corrected chi connectivity index (χ0v) is 10.8. The smallest absolute Gasteiger partial charge is 0.282 e. The third-order valence-electron chi connectivity index (χ3n) is 2.60. The lowest BCUT2D eigenvalue weighted by Crippen LogP contribution is -2.18. The summed E-state index contributed by atoms with van der Waals surface area (Å²) in [5.74, 6) is -0.609. The number of nitro benzene ring substituents is 1. The number of hydrogen-bond acceptors (Lipinski definition) is 5. The molecule has 2 rings (SSSR count). The molecular formula is C14H11N3O4. The molecule has 0 fully saturated rings. The van der Waals surface area contributed by atoms with Gasteiger partial charge in [-0.15, -0.1) is 0 Å². The third kappa shape index (κ3) is 3.63. The molecule has 7 nitrogen and oxygen atoms in total. The average molecular weight is 285 g/mol. The molecule has 0 aromatic heterocycles. The number of hydrazone groups is 1. The van der Waals surface area contributed by atoms with E-state index in [0.29, 0.717) is 5.56 Å². The first-order chi connectivity index (χ1) is 10.1. The van der Waals surface area contributed by atoms with Crippen molar-refractivity contribution in [3.8, 4) is 5.75 Å². The van der Waals surface area contributed by atoms with Crippen molar-refractivity contribution in [2.24, 2.45) is 5.10 Å². The molecule has 0 saturated carbocycles. The first-order valence-corrected chi connectivity index (χ1v) is 5.94. The Labute approximate surface area is 119 Å². The summed E-state index contributed by atoms with van der Waals surface area (Å²) >= 11 is 0. The van der Waals surface area contributed by atoms with Crippen LogP contribution in [0.3, 0.4) is 0 Å². The highest BCUT2D eigenvalue weighted by Crippen LogP contribution is 2.17. The van der Waals surface area contributed by atoms with Gasteiger partial charge in [-0.25, -0.2) is 5.43 Å². The number of carbonyl (C=O) groups excluding carboxylic acids is 1. The van der Waals surface area contributed by atoms with Gasteiger partial charge in [0, 0.05) is 6.07 Å². The molecule has 106 valence electrons. The summed E-state index contributed by atoms with van der Waals surface area (Å²) in [5.41, 5.74) is 2.43. The zero-order valence-electron chi connectivity index (χ0n) is 10.8. The van der Waals surface area contributed by atoms with Crippen LogP contribution in [0.15, 0.2) is 53.6 Å². The number of para-hydroxylation sites is 1. The molecule has 0 aliphatic carbocycles. The summed E-state index contributed by atoms with van der Waals surface area (Å²) in [6.45, 7) is 0. The highest BCUT2D eigenvalue weighted by Gasteiger charge is 2.18. The van der Waals surface area contributed by atoms with Crippen molar-refractivity contribution < 1.29 is 14.8 Å². The van der Waals surface area contributed by atoms with E-state index in [1.807, 2.05) is 0 Å². The van der Waals surface area contributed by atoms with E-state index in [4.69, 9.17) is 0 Å². The summed E-state index contributed by atoms with van der Waals surface area (Å²) in [7, 11) is 0. The van der Waals surface area contributed by atoms with Gasteiger partial charge in [0.25, 0.3) is 11.6 Å². The molecule has 2 N–H and O–H groups in total. The summed E-state index contributed by atoms with van der Waals surface area (Å²) < 4.78 is 0. The lowest BCUT2D eigenvalue weighted by Gasteiger charge is -2.01. The maximum Gasteiger partial charge on any atom is 0.282 e. The van der Waals surface area contributed by atoms with E-state index >= 15 is 0 Å². The fraction of sp³-hybridized carbons (Fsp3) is 0. The van der Waals surface area contributed by atoms with Crippen molar-refractivity contribution in [1.29, 1.82) is 0 Å². The lowest BCUT2D eigenvalue weighted by atomic mass is 10.2. The van der Waals surface area contributed by atoms with Gasteiger partial charge in [-0.3, -0.25) is 14.9 Å². The second kappa shape index (κ2) is 6.29. The number of nitrogens with zero attached hydrogens (tertiary/aromatic N) is 2. The number of aromatic hydroxyl groups is 1. The van der Waals surface area contributed by atoms with Gasteiger partial charge in [0.1, 0.15) is 11.3 Å². The number of carbonyl (C=O) groups is 1. The standard InChI is InChI=1S/C14H11N3O4/c18-11-5-3-4-10(8-11)9-15-16-14(19)12-6-1-2-7-13(12)17(20)21/h1-9,18H,(H,16,19). The van der Waals surface area contributed by atoms with Crippen LogP contribution in [0.25, 0.3) is 0 Å². The Morgan fingerprint density at radius 1 is 1.24 bits per heavy atom. The van der Waals surface area contributed by atoms with Gasteiger partial charge in [-0.1, -0.05) is 24.3 Å². The van der Waals surface area contributed by atoms with Crippen LogP contribution in [0, 0.1) is 10.1 Å². The molecular weight excluding hydrogens is 274 g/mol. The minimum Gasteiger partial charge on any atom is -0.508 e. The molecule has 0 unspecified atom stereocenters. The van der Waals surface area contributed by atoms with Crippen molar-refractivity contribution in [2.45, 2.75) is 0 Å². The molecule has 21 heavy (non-hydrogen) atoms. The van der Waals surface area contributed by atoms with Gasteiger partial charge in [0.2, 0.25) is 0 Å². The summed E-state index contributed by atoms with van der Waals surface area (Å²) in [4.78, 5) is 22.0. The number of amides is 1. The molecule has 0 aliphatic rings. The largest absolute Gasteiger partial charge is 0.508 e. The van der Waals surface area contributed by atoms with E-state index in [-0.39, 0.29) is 17.0 Å². The average Bonchev–Trinajstić information content (AvgIpc) is 2.47. The molecule has 0 radical (unpaired) electrons. The Bertz CT molecular complexity index is 713. The maximum atomic E-state index is 11.8. The summed E-state index contributed by atoms with van der Waals surface area (Å²) in [5, 5.41) is 23.8. The Kier molecular flexibility index (Phi) is 4.25. The van der Waals surface area contributed by atoms with Crippen molar-refractivity contribution in [2.75, 3.05) is 0 Å². The van der Waals surface area contributed by atoms with E-state index in [2.05, 4.69) is 10.5 Å². The molecule has 0 spiro atoms. The minimum atomic E-state index is -0.682. The number of rotatable bonds is 4. The fourth-order valence-electron chi connectivity index (χ4n) is 1.66. The van der Waals surface area contributed by atoms with Crippen LogP contribution < -0.4 is 5.43 Å². The van der Waals surface area contributed by atoms with Gasteiger partial charge in [-0.05, 0) is 23.8 Å². The SMILES string of the molecule is O=C(NN=Cc1cccc(O)c1)c1ccccc1[N+](=O)[O-]. The Hall–Kier alpha value is -3.22. The van der Waals surface area contributed by atoms with Crippen LogP contribution in [0.5, 0.6) is 5.75 Å². The quantitative estimate of drug-likeness (QED) is 0.509. The van der Waals surface area contributed by atoms with Crippen molar-refractivity contribution in [3.05, 3.63) is 69.8 Å². The molecule has 0 atom stereocenters. The van der Waals surface area contributed by atoms with Gasteiger partial charge >= 0.3 is 0 Å². The van der Waals surface area contributed by atoms with Gasteiger partial charge < -0.3 is 5.11 Å². The molecule has 7 heteroatoms. The molecule has 0 aliphatic heterocycles. The normalized spacial score (nSPS) is 10.5. The van der Waals surface area contributed by atoms with Crippen molar-refractivity contribution in [1.82, 2.24) is 5.43 Å².